The van der Waals surface area contributed by atoms with Crippen molar-refractivity contribution in [3.63, 3.8) is 0 Å². The van der Waals surface area contributed by atoms with Gasteiger partial charge in [-0.05, 0) is 35.9 Å². The summed E-state index contributed by atoms with van der Waals surface area (Å²) < 4.78 is 38.3. The van der Waals surface area contributed by atoms with Gasteiger partial charge in [0.05, 0.1) is 21.8 Å². The molecule has 0 bridgehead atoms. The number of carbonyl (C=O) groups is 1. The first-order valence-corrected chi connectivity index (χ1v) is 8.78. The van der Waals surface area contributed by atoms with Gasteiger partial charge in [-0.1, -0.05) is 23.7 Å². The SMILES string of the molecule is O=C(O)c1ccc(CN2CCN(c3ccc(C(F)(F)F)cc3Cl)CC2)cc1. The van der Waals surface area contributed by atoms with E-state index in [-0.39, 0.29) is 10.6 Å². The lowest BCUT2D eigenvalue weighted by Gasteiger charge is -2.36. The van der Waals surface area contributed by atoms with Crippen LogP contribution in [0.3, 0.4) is 0 Å². The average molecular weight is 399 g/mol. The molecule has 27 heavy (non-hydrogen) atoms. The molecule has 1 fully saturated rings. The van der Waals surface area contributed by atoms with Gasteiger partial charge in [-0.25, -0.2) is 4.79 Å². The molecule has 2 aromatic carbocycles. The predicted octanol–water partition coefficient (Wildman–Crippen LogP) is 4.38. The molecule has 0 atom stereocenters. The Morgan fingerprint density at radius 1 is 1.04 bits per heavy atom. The zero-order valence-corrected chi connectivity index (χ0v) is 15.1. The quantitative estimate of drug-likeness (QED) is 0.830. The number of piperazine rings is 1. The Balaban J connectivity index is 1.59. The van der Waals surface area contributed by atoms with Gasteiger partial charge in [0, 0.05) is 32.7 Å². The van der Waals surface area contributed by atoms with Gasteiger partial charge < -0.3 is 10.0 Å². The summed E-state index contributed by atoms with van der Waals surface area (Å²) in [6, 6.07) is 10.2. The van der Waals surface area contributed by atoms with Gasteiger partial charge in [0.15, 0.2) is 0 Å². The number of aromatic carboxylic acids is 1. The van der Waals surface area contributed by atoms with E-state index in [1.165, 1.54) is 6.07 Å². The highest BCUT2D eigenvalue weighted by Gasteiger charge is 2.31. The molecule has 0 radical (unpaired) electrons. The lowest BCUT2D eigenvalue weighted by molar-refractivity contribution is -0.137. The minimum Gasteiger partial charge on any atom is -0.478 e. The summed E-state index contributed by atoms with van der Waals surface area (Å²) in [5.41, 5.74) is 1.12. The average Bonchev–Trinajstić information content (AvgIpc) is 2.62. The van der Waals surface area contributed by atoms with Crippen molar-refractivity contribution in [2.24, 2.45) is 0 Å². The number of benzene rings is 2. The van der Waals surface area contributed by atoms with E-state index in [2.05, 4.69) is 4.90 Å². The first-order valence-electron chi connectivity index (χ1n) is 8.40. The molecule has 8 heteroatoms. The fraction of sp³-hybridized carbons (Fsp3) is 0.316. The van der Waals surface area contributed by atoms with Crippen molar-refractivity contribution in [2.75, 3.05) is 31.1 Å². The molecule has 0 saturated carbocycles. The zero-order chi connectivity index (χ0) is 19.6. The predicted molar refractivity (Wildman–Crippen MR) is 97.3 cm³/mol. The van der Waals surface area contributed by atoms with Crippen molar-refractivity contribution in [3.05, 3.63) is 64.2 Å². The fourth-order valence-electron chi connectivity index (χ4n) is 3.10. The Bertz CT molecular complexity index is 817. The molecule has 0 aromatic heterocycles. The number of alkyl halides is 3. The summed E-state index contributed by atoms with van der Waals surface area (Å²) in [5.74, 6) is -0.955. The van der Waals surface area contributed by atoms with Crippen LogP contribution in [0.5, 0.6) is 0 Å². The van der Waals surface area contributed by atoms with Gasteiger partial charge in [0.25, 0.3) is 0 Å². The molecule has 0 amide bonds. The summed E-state index contributed by atoms with van der Waals surface area (Å²) in [6.45, 7) is 3.46. The smallest absolute Gasteiger partial charge is 0.416 e. The highest BCUT2D eigenvalue weighted by Crippen LogP contribution is 2.35. The van der Waals surface area contributed by atoms with E-state index in [1.807, 2.05) is 4.90 Å². The standard InChI is InChI=1S/C19H18ClF3N2O2/c20-16-11-15(19(21,22)23)5-6-17(16)25-9-7-24(8-10-25)12-13-1-3-14(4-2-13)18(26)27/h1-6,11H,7-10,12H2,(H,26,27). The van der Waals surface area contributed by atoms with Crippen LogP contribution in [-0.4, -0.2) is 42.2 Å². The lowest BCUT2D eigenvalue weighted by Crippen LogP contribution is -2.46. The fourth-order valence-corrected chi connectivity index (χ4v) is 3.40. The van der Waals surface area contributed by atoms with Gasteiger partial charge >= 0.3 is 12.1 Å². The van der Waals surface area contributed by atoms with Crippen LogP contribution < -0.4 is 4.90 Å². The molecule has 1 N–H and O–H groups in total. The van der Waals surface area contributed by atoms with Gasteiger partial charge in [0.2, 0.25) is 0 Å². The van der Waals surface area contributed by atoms with Crippen LogP contribution in [0.15, 0.2) is 42.5 Å². The molecular weight excluding hydrogens is 381 g/mol. The van der Waals surface area contributed by atoms with E-state index in [1.54, 1.807) is 24.3 Å². The summed E-state index contributed by atoms with van der Waals surface area (Å²) in [6.07, 6.45) is -4.41. The molecule has 2 aromatic rings. The molecule has 0 spiro atoms. The number of halogens is 4. The Morgan fingerprint density at radius 3 is 2.19 bits per heavy atom. The Kier molecular flexibility index (Phi) is 5.62. The molecule has 4 nitrogen and oxygen atoms in total. The maximum atomic E-state index is 12.8. The number of anilines is 1. The topological polar surface area (TPSA) is 43.8 Å². The normalized spacial score (nSPS) is 15.8. The van der Waals surface area contributed by atoms with Gasteiger partial charge in [-0.2, -0.15) is 13.2 Å². The minimum absolute atomic E-state index is 0.0996. The van der Waals surface area contributed by atoms with Crippen LogP contribution in [0.4, 0.5) is 18.9 Å². The third-order valence-corrected chi connectivity index (χ3v) is 4.90. The van der Waals surface area contributed by atoms with Crippen molar-refractivity contribution in [1.82, 2.24) is 4.90 Å². The van der Waals surface area contributed by atoms with E-state index >= 15 is 0 Å². The number of nitrogens with zero attached hydrogens (tertiary/aromatic N) is 2. The number of hydrogen-bond acceptors (Lipinski definition) is 3. The van der Waals surface area contributed by atoms with Crippen molar-refractivity contribution in [2.45, 2.75) is 12.7 Å². The van der Waals surface area contributed by atoms with Crippen LogP contribution in [0, 0.1) is 0 Å². The molecule has 144 valence electrons. The van der Waals surface area contributed by atoms with Crippen molar-refractivity contribution < 1.29 is 23.1 Å². The first kappa shape index (κ1) is 19.5. The third-order valence-electron chi connectivity index (χ3n) is 4.60. The summed E-state index contributed by atoms with van der Waals surface area (Å²) >= 11 is 6.07. The zero-order valence-electron chi connectivity index (χ0n) is 14.3. The summed E-state index contributed by atoms with van der Waals surface area (Å²) in [5, 5.41) is 9.03. The number of rotatable bonds is 4. The second-order valence-electron chi connectivity index (χ2n) is 6.43. The molecular formula is C19H18ClF3N2O2. The van der Waals surface area contributed by atoms with E-state index < -0.39 is 17.7 Å². The van der Waals surface area contributed by atoms with E-state index in [9.17, 15) is 18.0 Å². The lowest BCUT2D eigenvalue weighted by atomic mass is 10.1. The Morgan fingerprint density at radius 2 is 1.67 bits per heavy atom. The second kappa shape index (κ2) is 7.78. The molecule has 3 rings (SSSR count). The number of hydrogen-bond donors (Lipinski definition) is 1. The molecule has 0 unspecified atom stereocenters. The van der Waals surface area contributed by atoms with Crippen molar-refractivity contribution in [1.29, 1.82) is 0 Å². The van der Waals surface area contributed by atoms with Gasteiger partial charge in [-0.3, -0.25) is 4.90 Å². The van der Waals surface area contributed by atoms with E-state index in [0.29, 0.717) is 25.3 Å². The third kappa shape index (κ3) is 4.73. The maximum absolute atomic E-state index is 12.8. The van der Waals surface area contributed by atoms with Gasteiger partial charge in [-0.15, -0.1) is 0 Å². The monoisotopic (exact) mass is 398 g/mol. The van der Waals surface area contributed by atoms with Gasteiger partial charge in [0.1, 0.15) is 0 Å². The second-order valence-corrected chi connectivity index (χ2v) is 6.84. The Hall–Kier alpha value is -2.25. The molecule has 1 heterocycles. The molecule has 1 aliphatic heterocycles. The van der Waals surface area contributed by atoms with Crippen LogP contribution in [0.25, 0.3) is 0 Å². The molecule has 1 saturated heterocycles. The van der Waals surface area contributed by atoms with Crippen molar-refractivity contribution >= 4 is 23.3 Å². The number of carboxylic acid groups (broad SMARTS) is 1. The highest BCUT2D eigenvalue weighted by atomic mass is 35.5. The Labute approximate surface area is 159 Å². The van der Waals surface area contributed by atoms with Crippen molar-refractivity contribution in [3.8, 4) is 0 Å². The maximum Gasteiger partial charge on any atom is 0.416 e. The van der Waals surface area contributed by atoms with E-state index in [0.717, 1.165) is 30.8 Å². The van der Waals surface area contributed by atoms with Crippen LogP contribution >= 0.6 is 11.6 Å². The van der Waals surface area contributed by atoms with Crippen LogP contribution in [0.1, 0.15) is 21.5 Å². The molecule has 1 aliphatic rings. The van der Waals surface area contributed by atoms with E-state index in [4.69, 9.17) is 16.7 Å². The van der Waals surface area contributed by atoms with Crippen LogP contribution in [-0.2, 0) is 12.7 Å². The number of carboxylic acids is 1. The van der Waals surface area contributed by atoms with Crippen LogP contribution in [0.2, 0.25) is 5.02 Å². The summed E-state index contributed by atoms with van der Waals surface area (Å²) in [7, 11) is 0. The largest absolute Gasteiger partial charge is 0.478 e. The summed E-state index contributed by atoms with van der Waals surface area (Å²) in [4.78, 5) is 15.1. The highest BCUT2D eigenvalue weighted by molar-refractivity contribution is 6.33. The first-order chi connectivity index (χ1) is 12.7. The molecule has 0 aliphatic carbocycles. The minimum atomic E-state index is -4.41.